The molecule has 0 radical (unpaired) electrons. The number of rotatable bonds is 4. The second-order valence-electron chi connectivity index (χ2n) is 7.52. The van der Waals surface area contributed by atoms with E-state index in [-0.39, 0.29) is 23.6 Å². The molecule has 0 atom stereocenters. The van der Waals surface area contributed by atoms with Crippen LogP contribution in [0.5, 0.6) is 0 Å². The van der Waals surface area contributed by atoms with Crippen molar-refractivity contribution in [1.82, 2.24) is 9.88 Å². The Morgan fingerprint density at radius 2 is 1.59 bits per heavy atom. The fourth-order valence-electron chi connectivity index (χ4n) is 4.42. The maximum atomic E-state index is 12.5. The van der Waals surface area contributed by atoms with Gasteiger partial charge >= 0.3 is 12.1 Å². The number of carboxylic acids is 1. The summed E-state index contributed by atoms with van der Waals surface area (Å²) in [4.78, 5) is 28.1. The van der Waals surface area contributed by atoms with Crippen molar-refractivity contribution in [3.05, 3.63) is 83.2 Å². The number of likely N-dealkylation sites (tertiary alicyclic amines) is 1. The van der Waals surface area contributed by atoms with Crippen LogP contribution in [-0.2, 0) is 4.74 Å². The molecular weight excluding hydrogens is 368 g/mol. The topological polar surface area (TPSA) is 82.6 Å². The van der Waals surface area contributed by atoms with Crippen molar-refractivity contribution in [2.45, 2.75) is 11.8 Å². The van der Waals surface area contributed by atoms with E-state index < -0.39 is 5.97 Å². The molecule has 1 aliphatic carbocycles. The van der Waals surface area contributed by atoms with Crippen LogP contribution in [0, 0.1) is 0 Å². The van der Waals surface area contributed by atoms with Crippen LogP contribution in [-0.4, -0.2) is 46.7 Å². The predicted octanol–water partition coefficient (Wildman–Crippen LogP) is 4.06. The van der Waals surface area contributed by atoms with Crippen molar-refractivity contribution in [1.29, 1.82) is 0 Å². The number of hydrogen-bond acceptors (Lipinski definition) is 3. The molecule has 1 fully saturated rings. The van der Waals surface area contributed by atoms with Gasteiger partial charge in [-0.15, -0.1) is 0 Å². The highest BCUT2D eigenvalue weighted by molar-refractivity contribution is 5.87. The summed E-state index contributed by atoms with van der Waals surface area (Å²) in [6.45, 7) is 1.22. The minimum absolute atomic E-state index is 0.0211. The van der Waals surface area contributed by atoms with Crippen LogP contribution in [0.4, 0.5) is 4.79 Å². The molecule has 1 aliphatic heterocycles. The number of H-pyrrole nitrogens is 1. The number of fused-ring (bicyclic) bond motifs is 3. The van der Waals surface area contributed by atoms with Crippen molar-refractivity contribution >= 4 is 12.1 Å². The zero-order valence-corrected chi connectivity index (χ0v) is 15.7. The molecule has 1 aromatic heterocycles. The first-order valence-corrected chi connectivity index (χ1v) is 9.64. The minimum atomic E-state index is -0.982. The van der Waals surface area contributed by atoms with Gasteiger partial charge < -0.3 is 19.7 Å². The molecular formula is C23H20N2O4. The Balaban J connectivity index is 1.24. The number of aromatic carboxylic acids is 1. The third kappa shape index (κ3) is 2.88. The molecule has 0 bridgehead atoms. The average molecular weight is 388 g/mol. The van der Waals surface area contributed by atoms with Crippen LogP contribution >= 0.6 is 0 Å². The first-order valence-electron chi connectivity index (χ1n) is 9.64. The number of hydrogen-bond donors (Lipinski definition) is 2. The van der Waals surface area contributed by atoms with Gasteiger partial charge in [0.2, 0.25) is 0 Å². The van der Waals surface area contributed by atoms with Crippen molar-refractivity contribution in [3.8, 4) is 11.1 Å². The van der Waals surface area contributed by atoms with E-state index >= 15 is 0 Å². The van der Waals surface area contributed by atoms with Crippen LogP contribution in [0.2, 0.25) is 0 Å². The smallest absolute Gasteiger partial charge is 0.409 e. The zero-order valence-electron chi connectivity index (χ0n) is 15.7. The first-order chi connectivity index (χ1) is 14.1. The van der Waals surface area contributed by atoms with Gasteiger partial charge in [-0.2, -0.15) is 0 Å². The second-order valence-corrected chi connectivity index (χ2v) is 7.52. The van der Waals surface area contributed by atoms with Gasteiger partial charge in [-0.3, -0.25) is 0 Å². The molecule has 5 rings (SSSR count). The van der Waals surface area contributed by atoms with E-state index in [4.69, 9.17) is 4.74 Å². The van der Waals surface area contributed by atoms with Crippen LogP contribution in [0.3, 0.4) is 0 Å². The highest BCUT2D eigenvalue weighted by Gasteiger charge is 2.36. The number of aromatic nitrogens is 1. The Labute approximate surface area is 167 Å². The number of aromatic amines is 1. The predicted molar refractivity (Wildman–Crippen MR) is 107 cm³/mol. The van der Waals surface area contributed by atoms with Crippen molar-refractivity contribution in [2.24, 2.45) is 0 Å². The Bertz CT molecular complexity index is 1050. The fraction of sp³-hybridized carbons (Fsp3) is 0.217. The number of nitrogens with zero attached hydrogens (tertiary/aromatic N) is 1. The van der Waals surface area contributed by atoms with Crippen molar-refractivity contribution in [2.75, 3.05) is 19.7 Å². The fourth-order valence-corrected chi connectivity index (χ4v) is 4.42. The molecule has 1 saturated heterocycles. The second kappa shape index (κ2) is 6.81. The molecule has 2 heterocycles. The van der Waals surface area contributed by atoms with E-state index in [0.29, 0.717) is 19.7 Å². The molecule has 29 heavy (non-hydrogen) atoms. The number of nitrogens with one attached hydrogen (secondary N) is 1. The van der Waals surface area contributed by atoms with E-state index in [1.807, 2.05) is 24.3 Å². The number of amides is 1. The molecule has 0 saturated carbocycles. The largest absolute Gasteiger partial charge is 0.477 e. The van der Waals surface area contributed by atoms with Crippen molar-refractivity contribution < 1.29 is 19.4 Å². The van der Waals surface area contributed by atoms with E-state index in [1.54, 1.807) is 17.2 Å². The quantitative estimate of drug-likeness (QED) is 0.706. The lowest BCUT2D eigenvalue weighted by Crippen LogP contribution is -2.49. The molecule has 6 nitrogen and oxygen atoms in total. The highest BCUT2D eigenvalue weighted by Crippen LogP contribution is 2.44. The Morgan fingerprint density at radius 1 is 0.966 bits per heavy atom. The number of carboxylic acid groups (broad SMARTS) is 1. The standard InChI is InChI=1S/C23H20N2O4/c26-22(27)21-15(9-10-24-21)14-11-25(12-14)23(28)29-13-20-18-7-3-1-5-16(18)17-6-2-4-8-19(17)20/h1-10,14,20,24H,11-13H2,(H,26,27). The molecule has 2 N–H and O–H groups in total. The van der Waals surface area contributed by atoms with Gasteiger partial charge in [0.25, 0.3) is 0 Å². The number of carbonyl (C=O) groups is 2. The van der Waals surface area contributed by atoms with Gasteiger partial charge in [0, 0.05) is 31.1 Å². The maximum absolute atomic E-state index is 12.5. The molecule has 2 aromatic carbocycles. The summed E-state index contributed by atoms with van der Waals surface area (Å²) in [7, 11) is 0. The molecule has 146 valence electrons. The number of benzene rings is 2. The summed E-state index contributed by atoms with van der Waals surface area (Å²) in [5.74, 6) is -0.927. The molecule has 6 heteroatoms. The Kier molecular flexibility index (Phi) is 4.12. The number of carbonyl (C=O) groups excluding carboxylic acids is 1. The summed E-state index contributed by atoms with van der Waals surface area (Å²) >= 11 is 0. The summed E-state index contributed by atoms with van der Waals surface area (Å²) in [6, 6.07) is 18.2. The lowest BCUT2D eigenvalue weighted by molar-refractivity contribution is 0.0664. The molecule has 2 aliphatic rings. The van der Waals surface area contributed by atoms with Gasteiger partial charge in [-0.1, -0.05) is 48.5 Å². The van der Waals surface area contributed by atoms with Crippen LogP contribution in [0.1, 0.15) is 39.0 Å². The summed E-state index contributed by atoms with van der Waals surface area (Å²) < 4.78 is 5.65. The molecule has 0 unspecified atom stereocenters. The van der Waals surface area contributed by atoms with Crippen LogP contribution in [0.15, 0.2) is 60.8 Å². The third-order valence-corrected chi connectivity index (χ3v) is 5.91. The maximum Gasteiger partial charge on any atom is 0.409 e. The first kappa shape index (κ1) is 17.6. The molecule has 1 amide bonds. The van der Waals surface area contributed by atoms with Gasteiger partial charge in [-0.05, 0) is 33.9 Å². The van der Waals surface area contributed by atoms with E-state index in [9.17, 15) is 14.7 Å². The minimum Gasteiger partial charge on any atom is -0.477 e. The average Bonchev–Trinajstić information content (AvgIpc) is 3.29. The molecule has 0 spiro atoms. The van der Waals surface area contributed by atoms with Gasteiger partial charge in [0.05, 0.1) is 0 Å². The lowest BCUT2D eigenvalue weighted by Gasteiger charge is -2.38. The van der Waals surface area contributed by atoms with Crippen LogP contribution in [0.25, 0.3) is 11.1 Å². The van der Waals surface area contributed by atoms with E-state index in [1.165, 1.54) is 22.3 Å². The van der Waals surface area contributed by atoms with Gasteiger partial charge in [-0.25, -0.2) is 9.59 Å². The molecule has 3 aromatic rings. The van der Waals surface area contributed by atoms with Gasteiger partial charge in [0.15, 0.2) is 0 Å². The van der Waals surface area contributed by atoms with E-state index in [0.717, 1.165) is 5.56 Å². The van der Waals surface area contributed by atoms with Crippen LogP contribution < -0.4 is 0 Å². The lowest BCUT2D eigenvalue weighted by atomic mass is 9.92. The zero-order chi connectivity index (χ0) is 20.0. The third-order valence-electron chi connectivity index (χ3n) is 5.91. The summed E-state index contributed by atoms with van der Waals surface area (Å²) in [6.07, 6.45) is 1.27. The van der Waals surface area contributed by atoms with Crippen molar-refractivity contribution in [3.63, 3.8) is 0 Å². The Hall–Kier alpha value is -3.54. The Morgan fingerprint density at radius 3 is 2.21 bits per heavy atom. The van der Waals surface area contributed by atoms with Gasteiger partial charge in [0.1, 0.15) is 12.3 Å². The SMILES string of the molecule is O=C(O)c1[nH]ccc1C1CN(C(=O)OCC2c3ccccc3-c3ccccc32)C1. The normalized spacial score (nSPS) is 15.5. The monoisotopic (exact) mass is 388 g/mol. The summed E-state index contributed by atoms with van der Waals surface area (Å²) in [5, 5.41) is 9.23. The van der Waals surface area contributed by atoms with E-state index in [2.05, 4.69) is 29.2 Å². The highest BCUT2D eigenvalue weighted by atomic mass is 16.6. The number of ether oxygens (including phenoxy) is 1. The summed E-state index contributed by atoms with van der Waals surface area (Å²) in [5.41, 5.74) is 5.69.